The van der Waals surface area contributed by atoms with Gasteiger partial charge >= 0.3 is 6.09 Å². The van der Waals surface area contributed by atoms with Crippen molar-refractivity contribution < 1.29 is 14.3 Å². The highest BCUT2D eigenvalue weighted by Crippen LogP contribution is 2.25. The average molecular weight is 314 g/mol. The molecule has 2 rings (SSSR count). The first-order valence-corrected chi connectivity index (χ1v) is 7.26. The topological polar surface area (TPSA) is 64.4 Å². The lowest BCUT2D eigenvalue weighted by molar-refractivity contribution is 0.0289. The van der Waals surface area contributed by atoms with Gasteiger partial charge in [0.2, 0.25) is 0 Å². The van der Waals surface area contributed by atoms with Crippen LogP contribution in [0.4, 0.5) is 4.79 Å². The molecule has 1 fully saturated rings. The number of rotatable bonds is 2. The first kappa shape index (κ1) is 15.8. The summed E-state index contributed by atoms with van der Waals surface area (Å²) in [5, 5.41) is 4.32. The molecule has 7 heteroatoms. The normalized spacial score (nSPS) is 18.9. The smallest absolute Gasteiger partial charge is 0.410 e. The van der Waals surface area contributed by atoms with Crippen LogP contribution in [-0.4, -0.2) is 45.2 Å². The third-order valence-electron chi connectivity index (χ3n) is 3.34. The van der Waals surface area contributed by atoms with E-state index in [2.05, 4.69) is 5.10 Å². The van der Waals surface area contributed by atoms with Crippen LogP contribution in [0.25, 0.3) is 0 Å². The molecule has 0 spiro atoms. The number of hydrogen-bond donors (Lipinski definition) is 0. The fraction of sp³-hybridized carbons (Fsp3) is 0.643. The van der Waals surface area contributed by atoms with Gasteiger partial charge in [0.25, 0.3) is 0 Å². The number of hydrogen-bond acceptors (Lipinski definition) is 4. The molecule has 0 saturated carbocycles. The highest BCUT2D eigenvalue weighted by molar-refractivity contribution is 6.33. The van der Waals surface area contributed by atoms with E-state index < -0.39 is 5.60 Å². The van der Waals surface area contributed by atoms with Crippen LogP contribution in [-0.2, 0) is 11.8 Å². The SMILES string of the molecule is Cn1ncc(Cl)c1C(=O)C1CCN(C(=O)OC(C)(C)C)C1. The van der Waals surface area contributed by atoms with Gasteiger partial charge in [-0.15, -0.1) is 0 Å². The predicted octanol–water partition coefficient (Wildman–Crippen LogP) is 2.51. The van der Waals surface area contributed by atoms with E-state index >= 15 is 0 Å². The van der Waals surface area contributed by atoms with E-state index in [4.69, 9.17) is 16.3 Å². The third kappa shape index (κ3) is 3.56. The number of carbonyl (C=O) groups is 2. The number of halogens is 1. The number of aromatic nitrogens is 2. The van der Waals surface area contributed by atoms with Crippen molar-refractivity contribution in [3.05, 3.63) is 16.9 Å². The van der Waals surface area contributed by atoms with Gasteiger partial charge in [-0.25, -0.2) is 4.79 Å². The van der Waals surface area contributed by atoms with Crippen molar-refractivity contribution in [1.29, 1.82) is 0 Å². The first-order valence-electron chi connectivity index (χ1n) is 6.88. The van der Waals surface area contributed by atoms with Gasteiger partial charge in [-0.1, -0.05) is 11.6 Å². The summed E-state index contributed by atoms with van der Waals surface area (Å²) in [6, 6.07) is 0. The van der Waals surface area contributed by atoms with Crippen LogP contribution in [0.5, 0.6) is 0 Å². The standard InChI is InChI=1S/C14H20ClN3O3/c1-14(2,3)21-13(20)18-6-5-9(8-18)12(19)11-10(15)7-16-17(11)4/h7,9H,5-6,8H2,1-4H3. The number of ketones is 1. The maximum absolute atomic E-state index is 12.5. The number of nitrogens with zero attached hydrogens (tertiary/aromatic N) is 3. The summed E-state index contributed by atoms with van der Waals surface area (Å²) in [5.74, 6) is -0.337. The van der Waals surface area contributed by atoms with Crippen molar-refractivity contribution in [3.8, 4) is 0 Å². The summed E-state index contributed by atoms with van der Waals surface area (Å²) in [5.41, 5.74) is -0.141. The molecule has 1 unspecified atom stereocenters. The lowest BCUT2D eigenvalue weighted by Crippen LogP contribution is -2.36. The number of Topliss-reactive ketones (excluding diaryl/α,β-unsaturated/α-hetero) is 1. The zero-order valence-corrected chi connectivity index (χ0v) is 13.5. The van der Waals surface area contributed by atoms with E-state index in [1.165, 1.54) is 10.9 Å². The minimum absolute atomic E-state index is 0.0777. The van der Waals surface area contributed by atoms with E-state index in [0.717, 1.165) is 0 Å². The molecule has 1 aromatic rings. The number of likely N-dealkylation sites (tertiary alicyclic amines) is 1. The molecule has 116 valence electrons. The van der Waals surface area contributed by atoms with E-state index in [0.29, 0.717) is 30.2 Å². The maximum atomic E-state index is 12.5. The quantitative estimate of drug-likeness (QED) is 0.787. The van der Waals surface area contributed by atoms with Gasteiger partial charge in [-0.05, 0) is 27.2 Å². The van der Waals surface area contributed by atoms with Crippen LogP contribution in [0.15, 0.2) is 6.20 Å². The molecule has 1 amide bonds. The van der Waals surface area contributed by atoms with Gasteiger partial charge in [0.05, 0.1) is 11.2 Å². The Morgan fingerprint density at radius 1 is 1.43 bits per heavy atom. The summed E-state index contributed by atoms with van der Waals surface area (Å²) in [4.78, 5) is 26.0. The zero-order chi connectivity index (χ0) is 15.8. The fourth-order valence-electron chi connectivity index (χ4n) is 2.35. The molecular formula is C14H20ClN3O3. The predicted molar refractivity (Wildman–Crippen MR) is 78.5 cm³/mol. The molecule has 6 nitrogen and oxygen atoms in total. The largest absolute Gasteiger partial charge is 0.444 e. The van der Waals surface area contributed by atoms with Crippen LogP contribution < -0.4 is 0 Å². The molecule has 0 N–H and O–H groups in total. The Bertz CT molecular complexity index is 543. The van der Waals surface area contributed by atoms with Gasteiger partial charge in [0, 0.05) is 26.1 Å². The zero-order valence-electron chi connectivity index (χ0n) is 12.7. The summed E-state index contributed by atoms with van der Waals surface area (Å²) in [6.07, 6.45) is 1.68. The van der Waals surface area contributed by atoms with Gasteiger partial charge in [-0.2, -0.15) is 5.10 Å². The van der Waals surface area contributed by atoms with Crippen molar-refractivity contribution in [3.63, 3.8) is 0 Å². The van der Waals surface area contributed by atoms with Crippen LogP contribution in [0.1, 0.15) is 37.7 Å². The number of ether oxygens (including phenoxy) is 1. The van der Waals surface area contributed by atoms with E-state index in [1.54, 1.807) is 11.9 Å². The van der Waals surface area contributed by atoms with E-state index in [-0.39, 0.29) is 17.8 Å². The molecule has 0 aliphatic carbocycles. The second kappa shape index (κ2) is 5.67. The van der Waals surface area contributed by atoms with E-state index in [1.807, 2.05) is 20.8 Å². The first-order chi connectivity index (χ1) is 9.69. The lowest BCUT2D eigenvalue weighted by Gasteiger charge is -2.24. The lowest BCUT2D eigenvalue weighted by atomic mass is 10.0. The Balaban J connectivity index is 2.03. The fourth-order valence-corrected chi connectivity index (χ4v) is 2.61. The van der Waals surface area contributed by atoms with Crippen molar-refractivity contribution in [2.75, 3.05) is 13.1 Å². The summed E-state index contributed by atoms with van der Waals surface area (Å²) >= 11 is 6.00. The van der Waals surface area contributed by atoms with Crippen molar-refractivity contribution in [1.82, 2.24) is 14.7 Å². The van der Waals surface area contributed by atoms with Gasteiger partial charge in [0.1, 0.15) is 11.3 Å². The molecule has 1 aliphatic rings. The van der Waals surface area contributed by atoms with Crippen molar-refractivity contribution in [2.45, 2.75) is 32.8 Å². The minimum atomic E-state index is -0.537. The molecule has 0 radical (unpaired) electrons. The highest BCUT2D eigenvalue weighted by Gasteiger charge is 2.35. The van der Waals surface area contributed by atoms with Crippen LogP contribution in [0.3, 0.4) is 0 Å². The van der Waals surface area contributed by atoms with E-state index in [9.17, 15) is 9.59 Å². The molecular weight excluding hydrogens is 294 g/mol. The van der Waals surface area contributed by atoms with Crippen LogP contribution in [0, 0.1) is 5.92 Å². The third-order valence-corrected chi connectivity index (χ3v) is 3.61. The molecule has 0 aromatic carbocycles. The summed E-state index contributed by atoms with van der Waals surface area (Å²) in [7, 11) is 1.68. The highest BCUT2D eigenvalue weighted by atomic mass is 35.5. The monoisotopic (exact) mass is 313 g/mol. The molecule has 1 saturated heterocycles. The Kier molecular flexibility index (Phi) is 4.27. The molecule has 1 aliphatic heterocycles. The second-order valence-corrected chi connectivity index (χ2v) is 6.65. The number of carbonyl (C=O) groups excluding carboxylic acids is 2. The van der Waals surface area contributed by atoms with Crippen LogP contribution >= 0.6 is 11.6 Å². The summed E-state index contributed by atoms with van der Waals surface area (Å²) in [6.45, 7) is 6.33. The van der Waals surface area contributed by atoms with Gasteiger partial charge in [-0.3, -0.25) is 9.48 Å². The minimum Gasteiger partial charge on any atom is -0.444 e. The van der Waals surface area contributed by atoms with Crippen LogP contribution in [0.2, 0.25) is 5.02 Å². The average Bonchev–Trinajstić information content (AvgIpc) is 2.94. The molecule has 0 bridgehead atoms. The molecule has 1 atom stereocenters. The second-order valence-electron chi connectivity index (χ2n) is 6.24. The molecule has 1 aromatic heterocycles. The Morgan fingerprint density at radius 2 is 2.10 bits per heavy atom. The molecule has 21 heavy (non-hydrogen) atoms. The Hall–Kier alpha value is -1.56. The van der Waals surface area contributed by atoms with Crippen molar-refractivity contribution >= 4 is 23.5 Å². The number of aryl methyl sites for hydroxylation is 1. The Labute approximate surface area is 129 Å². The Morgan fingerprint density at radius 3 is 2.62 bits per heavy atom. The van der Waals surface area contributed by atoms with Gasteiger partial charge < -0.3 is 9.64 Å². The maximum Gasteiger partial charge on any atom is 0.410 e. The number of amides is 1. The summed E-state index contributed by atoms with van der Waals surface area (Å²) < 4.78 is 6.79. The van der Waals surface area contributed by atoms with Crippen molar-refractivity contribution in [2.24, 2.45) is 13.0 Å². The molecule has 2 heterocycles. The van der Waals surface area contributed by atoms with Gasteiger partial charge in [0.15, 0.2) is 5.78 Å².